The number of hydrogen-bond donors (Lipinski definition) is 2. The molecule has 1 aromatic heterocycles. The molecule has 1 heterocycles. The van der Waals surface area contributed by atoms with Crippen LogP contribution in [0.2, 0.25) is 0 Å². The minimum Gasteiger partial charge on any atom is -0.496 e. The van der Waals surface area contributed by atoms with Gasteiger partial charge in [0.2, 0.25) is 0 Å². The maximum absolute atomic E-state index is 5.46. The second-order valence-corrected chi connectivity index (χ2v) is 3.81. The Hall–Kier alpha value is -2.54. The lowest BCUT2D eigenvalue weighted by molar-refractivity contribution is 0.349. The monoisotopic (exact) mass is 276 g/mol. The van der Waals surface area contributed by atoms with Gasteiger partial charge in [0.25, 0.3) is 0 Å². The highest BCUT2D eigenvalue weighted by Gasteiger charge is 2.17. The summed E-state index contributed by atoms with van der Waals surface area (Å²) < 4.78 is 15.9. The lowest BCUT2D eigenvalue weighted by Gasteiger charge is -2.15. The summed E-state index contributed by atoms with van der Waals surface area (Å²) in [5.74, 6) is 7.62. The third-order valence-electron chi connectivity index (χ3n) is 2.80. The fourth-order valence-electron chi connectivity index (χ4n) is 1.86. The van der Waals surface area contributed by atoms with Gasteiger partial charge >= 0.3 is 0 Å². The van der Waals surface area contributed by atoms with Crippen molar-refractivity contribution >= 4 is 5.82 Å². The molecule has 2 rings (SSSR count). The largest absolute Gasteiger partial charge is 0.496 e. The fraction of sp³-hybridized carbons (Fsp3) is 0.231. The van der Waals surface area contributed by atoms with Crippen LogP contribution in [0.5, 0.6) is 17.2 Å². The van der Waals surface area contributed by atoms with Crippen molar-refractivity contribution in [1.82, 2.24) is 9.97 Å². The Balaban J connectivity index is 2.66. The molecule has 1 aromatic carbocycles. The quantitative estimate of drug-likeness (QED) is 0.631. The predicted molar refractivity (Wildman–Crippen MR) is 74.9 cm³/mol. The molecule has 0 aliphatic carbocycles. The van der Waals surface area contributed by atoms with Gasteiger partial charge in [-0.15, -0.1) is 0 Å². The van der Waals surface area contributed by atoms with Gasteiger partial charge in [0.1, 0.15) is 11.4 Å². The van der Waals surface area contributed by atoms with E-state index < -0.39 is 0 Å². The maximum atomic E-state index is 5.46. The van der Waals surface area contributed by atoms with Gasteiger partial charge < -0.3 is 19.6 Å². The van der Waals surface area contributed by atoms with Crippen LogP contribution in [0, 0.1) is 0 Å². The van der Waals surface area contributed by atoms with E-state index in [1.807, 2.05) is 0 Å². The Labute approximate surface area is 116 Å². The third kappa shape index (κ3) is 2.43. The number of benzene rings is 1. The highest BCUT2D eigenvalue weighted by atomic mass is 16.5. The fourth-order valence-corrected chi connectivity index (χ4v) is 1.86. The zero-order valence-electron chi connectivity index (χ0n) is 11.5. The van der Waals surface area contributed by atoms with Crippen LogP contribution in [-0.2, 0) is 0 Å². The van der Waals surface area contributed by atoms with Crippen molar-refractivity contribution in [3.05, 3.63) is 24.5 Å². The van der Waals surface area contributed by atoms with E-state index in [4.69, 9.17) is 20.1 Å². The van der Waals surface area contributed by atoms with Gasteiger partial charge in [-0.25, -0.2) is 10.8 Å². The molecule has 0 bridgehead atoms. The van der Waals surface area contributed by atoms with E-state index in [2.05, 4.69) is 15.4 Å². The average Bonchev–Trinajstić information content (AvgIpc) is 2.53. The molecule has 0 radical (unpaired) electrons. The van der Waals surface area contributed by atoms with Gasteiger partial charge in [-0.05, 0) is 6.07 Å². The summed E-state index contributed by atoms with van der Waals surface area (Å²) in [7, 11) is 4.69. The number of hydrazine groups is 1. The summed E-state index contributed by atoms with van der Waals surface area (Å²) in [6.07, 6.45) is 3.12. The summed E-state index contributed by atoms with van der Waals surface area (Å²) in [6.45, 7) is 0. The molecule has 0 aliphatic heterocycles. The highest BCUT2D eigenvalue weighted by molar-refractivity contribution is 5.78. The predicted octanol–water partition coefficient (Wildman–Crippen LogP) is 1.45. The van der Waals surface area contributed by atoms with E-state index in [0.29, 0.717) is 34.3 Å². The molecule has 0 spiro atoms. The average molecular weight is 276 g/mol. The Morgan fingerprint density at radius 3 is 2.10 bits per heavy atom. The molecule has 106 valence electrons. The van der Waals surface area contributed by atoms with Crippen molar-refractivity contribution in [2.24, 2.45) is 5.84 Å². The smallest absolute Gasteiger partial charge is 0.166 e. The van der Waals surface area contributed by atoms with Crippen molar-refractivity contribution in [3.63, 3.8) is 0 Å². The number of nitrogens with two attached hydrogens (primary N) is 1. The number of rotatable bonds is 5. The van der Waals surface area contributed by atoms with E-state index >= 15 is 0 Å². The molecule has 7 heteroatoms. The highest BCUT2D eigenvalue weighted by Crippen LogP contribution is 2.40. The Bertz CT molecular complexity index is 604. The molecule has 0 saturated heterocycles. The van der Waals surface area contributed by atoms with Crippen molar-refractivity contribution in [1.29, 1.82) is 0 Å². The van der Waals surface area contributed by atoms with Crippen molar-refractivity contribution < 1.29 is 14.2 Å². The molecule has 2 aromatic rings. The number of anilines is 1. The van der Waals surface area contributed by atoms with Crippen LogP contribution < -0.4 is 25.5 Å². The Morgan fingerprint density at radius 2 is 1.50 bits per heavy atom. The molecule has 3 N–H and O–H groups in total. The number of nitrogens with one attached hydrogen (secondary N) is 1. The van der Waals surface area contributed by atoms with Crippen LogP contribution >= 0.6 is 0 Å². The van der Waals surface area contributed by atoms with E-state index in [1.165, 1.54) is 0 Å². The lowest BCUT2D eigenvalue weighted by atomic mass is 10.1. The summed E-state index contributed by atoms with van der Waals surface area (Å²) in [5.41, 5.74) is 3.77. The van der Waals surface area contributed by atoms with E-state index in [0.717, 1.165) is 0 Å². The molecule has 0 fully saturated rings. The second-order valence-electron chi connectivity index (χ2n) is 3.81. The first-order valence-corrected chi connectivity index (χ1v) is 5.83. The van der Waals surface area contributed by atoms with Crippen LogP contribution in [0.25, 0.3) is 11.3 Å². The molecule has 0 unspecified atom stereocenters. The standard InChI is InChI=1S/C13H16N4O3/c1-18-9-7-11(20-3)10(19-2)6-8(9)12-13(17-14)16-5-4-15-12/h4-7H,14H2,1-3H3,(H,16,17). The van der Waals surface area contributed by atoms with Gasteiger partial charge in [-0.2, -0.15) is 0 Å². The zero-order valence-corrected chi connectivity index (χ0v) is 11.5. The number of hydrogen-bond acceptors (Lipinski definition) is 7. The second kappa shape index (κ2) is 6.07. The Morgan fingerprint density at radius 1 is 0.900 bits per heavy atom. The van der Waals surface area contributed by atoms with Crippen LogP contribution in [0.15, 0.2) is 24.5 Å². The van der Waals surface area contributed by atoms with Crippen molar-refractivity contribution in [2.45, 2.75) is 0 Å². The molecule has 0 saturated carbocycles. The summed E-state index contributed by atoms with van der Waals surface area (Å²) in [5, 5.41) is 0. The first kappa shape index (κ1) is 13.9. The van der Waals surface area contributed by atoms with Crippen molar-refractivity contribution in [2.75, 3.05) is 26.8 Å². The number of ether oxygens (including phenoxy) is 3. The minimum absolute atomic E-state index is 0.443. The van der Waals surface area contributed by atoms with Crippen LogP contribution in [0.1, 0.15) is 0 Å². The van der Waals surface area contributed by atoms with E-state index in [9.17, 15) is 0 Å². The number of aromatic nitrogens is 2. The van der Waals surface area contributed by atoms with Gasteiger partial charge in [-0.3, -0.25) is 4.98 Å². The number of methoxy groups -OCH3 is 3. The number of nitrogens with zero attached hydrogens (tertiary/aromatic N) is 2. The first-order valence-electron chi connectivity index (χ1n) is 5.83. The molecule has 20 heavy (non-hydrogen) atoms. The van der Waals surface area contributed by atoms with Crippen LogP contribution in [0.3, 0.4) is 0 Å². The molecule has 7 nitrogen and oxygen atoms in total. The normalized spacial score (nSPS) is 10.0. The maximum Gasteiger partial charge on any atom is 0.166 e. The topological polar surface area (TPSA) is 91.5 Å². The Kier molecular flexibility index (Phi) is 4.21. The van der Waals surface area contributed by atoms with Gasteiger partial charge in [-0.1, -0.05) is 0 Å². The number of nitrogen functional groups attached to an aromatic ring is 1. The van der Waals surface area contributed by atoms with Gasteiger partial charge in [0.05, 0.1) is 26.9 Å². The first-order chi connectivity index (χ1) is 9.74. The van der Waals surface area contributed by atoms with Crippen LogP contribution in [0.4, 0.5) is 5.82 Å². The molecule has 0 amide bonds. The van der Waals surface area contributed by atoms with E-state index in [-0.39, 0.29) is 0 Å². The minimum atomic E-state index is 0.443. The van der Waals surface area contributed by atoms with E-state index in [1.54, 1.807) is 45.9 Å². The summed E-state index contributed by atoms with van der Waals surface area (Å²) >= 11 is 0. The SMILES string of the molecule is COc1cc(OC)c(-c2nccnc2NN)cc1OC. The molecule has 0 atom stereocenters. The zero-order chi connectivity index (χ0) is 14.5. The molecule has 0 aliphatic rings. The summed E-state index contributed by atoms with van der Waals surface area (Å²) in [4.78, 5) is 8.40. The third-order valence-corrected chi connectivity index (χ3v) is 2.80. The molecular weight excluding hydrogens is 260 g/mol. The van der Waals surface area contributed by atoms with Gasteiger partial charge in [0.15, 0.2) is 17.3 Å². The summed E-state index contributed by atoms with van der Waals surface area (Å²) in [6, 6.07) is 3.49. The van der Waals surface area contributed by atoms with Gasteiger partial charge in [0, 0.05) is 18.5 Å². The van der Waals surface area contributed by atoms with Crippen LogP contribution in [-0.4, -0.2) is 31.3 Å². The van der Waals surface area contributed by atoms with Crippen molar-refractivity contribution in [3.8, 4) is 28.5 Å². The molecular formula is C13H16N4O3. The lowest BCUT2D eigenvalue weighted by Crippen LogP contribution is -2.10.